The lowest BCUT2D eigenvalue weighted by Gasteiger charge is -1.99. The second-order valence-corrected chi connectivity index (χ2v) is 3.99. The molecule has 1 heterocycles. The van der Waals surface area contributed by atoms with Gasteiger partial charge >= 0.3 is 0 Å². The van der Waals surface area contributed by atoms with Gasteiger partial charge in [0.05, 0.1) is 10.6 Å². The molecule has 76 valence electrons. The topological polar surface area (TPSA) is 30.0 Å². The molecule has 1 aromatic carbocycles. The minimum Gasteiger partial charge on any atom is -0.298 e. The fourth-order valence-corrected chi connectivity index (χ4v) is 2.07. The Labute approximate surface area is 90.5 Å². The van der Waals surface area contributed by atoms with E-state index in [-0.39, 0.29) is 5.82 Å². The number of aromatic nitrogens is 1. The number of hydrogen-bond donors (Lipinski definition) is 0. The monoisotopic (exact) mass is 221 g/mol. The Morgan fingerprint density at radius 1 is 1.40 bits per heavy atom. The molecule has 1 aromatic heterocycles. The lowest BCUT2D eigenvalue weighted by Crippen LogP contribution is -1.85. The highest BCUT2D eigenvalue weighted by Crippen LogP contribution is 2.27. The van der Waals surface area contributed by atoms with Crippen LogP contribution in [0, 0.1) is 12.7 Å². The van der Waals surface area contributed by atoms with Gasteiger partial charge in [-0.05, 0) is 42.7 Å². The zero-order valence-corrected chi connectivity index (χ0v) is 8.84. The normalized spacial score (nSPS) is 10.3. The minimum atomic E-state index is -0.329. The van der Waals surface area contributed by atoms with Gasteiger partial charge in [-0.2, -0.15) is 4.37 Å². The molecule has 0 aliphatic rings. The first-order valence-electron chi connectivity index (χ1n) is 4.39. The maximum Gasteiger partial charge on any atom is 0.150 e. The first-order valence-corrected chi connectivity index (χ1v) is 5.16. The number of aryl methyl sites for hydroxylation is 1. The molecule has 0 saturated heterocycles. The Kier molecular flexibility index (Phi) is 2.60. The maximum absolute atomic E-state index is 13.5. The lowest BCUT2D eigenvalue weighted by atomic mass is 10.1. The van der Waals surface area contributed by atoms with Gasteiger partial charge in [0.15, 0.2) is 0 Å². The lowest BCUT2D eigenvalue weighted by molar-refractivity contribution is 0.112. The smallest absolute Gasteiger partial charge is 0.150 e. The Morgan fingerprint density at radius 3 is 2.80 bits per heavy atom. The van der Waals surface area contributed by atoms with Gasteiger partial charge in [-0.15, -0.1) is 0 Å². The SMILES string of the molecule is Cc1cc(-c2cc(C=O)ccc2F)sn1. The average Bonchev–Trinajstić information content (AvgIpc) is 2.65. The van der Waals surface area contributed by atoms with Crippen molar-refractivity contribution in [3.63, 3.8) is 0 Å². The quantitative estimate of drug-likeness (QED) is 0.729. The van der Waals surface area contributed by atoms with Crippen LogP contribution in [0.2, 0.25) is 0 Å². The molecule has 0 radical (unpaired) electrons. The summed E-state index contributed by atoms with van der Waals surface area (Å²) in [5, 5.41) is 0. The van der Waals surface area contributed by atoms with E-state index in [1.165, 1.54) is 29.7 Å². The molecule has 2 aromatic rings. The van der Waals surface area contributed by atoms with Gasteiger partial charge in [-0.3, -0.25) is 4.79 Å². The molecule has 2 nitrogen and oxygen atoms in total. The van der Waals surface area contributed by atoms with E-state index in [2.05, 4.69) is 4.37 Å². The van der Waals surface area contributed by atoms with Crippen LogP contribution >= 0.6 is 11.5 Å². The summed E-state index contributed by atoms with van der Waals surface area (Å²) in [6.45, 7) is 1.85. The van der Waals surface area contributed by atoms with Crippen LogP contribution in [-0.4, -0.2) is 10.7 Å². The third kappa shape index (κ3) is 1.94. The third-order valence-corrected chi connectivity index (χ3v) is 2.93. The summed E-state index contributed by atoms with van der Waals surface area (Å²) in [5.41, 5.74) is 1.76. The molecule has 2 rings (SSSR count). The highest BCUT2D eigenvalue weighted by atomic mass is 32.1. The molecule has 0 aliphatic carbocycles. The molecule has 0 atom stereocenters. The van der Waals surface area contributed by atoms with Crippen LogP contribution in [0.5, 0.6) is 0 Å². The van der Waals surface area contributed by atoms with E-state index in [1.807, 2.05) is 6.92 Å². The first kappa shape index (κ1) is 9.98. The van der Waals surface area contributed by atoms with Crippen LogP contribution in [-0.2, 0) is 0 Å². The van der Waals surface area contributed by atoms with Crippen molar-refractivity contribution in [3.8, 4) is 10.4 Å². The fraction of sp³-hybridized carbons (Fsp3) is 0.0909. The summed E-state index contributed by atoms with van der Waals surface area (Å²) in [7, 11) is 0. The van der Waals surface area contributed by atoms with Crippen LogP contribution in [0.1, 0.15) is 16.1 Å². The van der Waals surface area contributed by atoms with Crippen LogP contribution in [0.4, 0.5) is 4.39 Å². The predicted octanol–water partition coefficient (Wildman–Crippen LogP) is 3.07. The number of halogens is 1. The third-order valence-electron chi connectivity index (χ3n) is 2.02. The van der Waals surface area contributed by atoms with E-state index >= 15 is 0 Å². The highest BCUT2D eigenvalue weighted by molar-refractivity contribution is 7.09. The number of hydrogen-bond acceptors (Lipinski definition) is 3. The van der Waals surface area contributed by atoms with Gasteiger partial charge in [0.25, 0.3) is 0 Å². The Bertz CT molecular complexity index is 507. The maximum atomic E-state index is 13.5. The summed E-state index contributed by atoms with van der Waals surface area (Å²) < 4.78 is 17.5. The molecule has 0 saturated carbocycles. The van der Waals surface area contributed by atoms with E-state index in [0.717, 1.165) is 10.6 Å². The largest absolute Gasteiger partial charge is 0.298 e. The van der Waals surface area contributed by atoms with Crippen molar-refractivity contribution in [3.05, 3.63) is 41.3 Å². The van der Waals surface area contributed by atoms with Crippen molar-refractivity contribution in [1.82, 2.24) is 4.37 Å². The zero-order valence-electron chi connectivity index (χ0n) is 8.03. The summed E-state index contributed by atoms with van der Waals surface area (Å²) in [4.78, 5) is 11.3. The molecule has 0 unspecified atom stereocenters. The molecular weight excluding hydrogens is 213 g/mol. The number of aldehydes is 1. The van der Waals surface area contributed by atoms with Crippen molar-refractivity contribution in [1.29, 1.82) is 0 Å². The molecule has 0 fully saturated rings. The van der Waals surface area contributed by atoms with Crippen molar-refractivity contribution in [2.24, 2.45) is 0 Å². The van der Waals surface area contributed by atoms with Crippen molar-refractivity contribution >= 4 is 17.8 Å². The minimum absolute atomic E-state index is 0.329. The van der Waals surface area contributed by atoms with E-state index in [0.29, 0.717) is 17.4 Å². The van der Waals surface area contributed by atoms with E-state index in [1.54, 1.807) is 6.07 Å². The van der Waals surface area contributed by atoms with Crippen molar-refractivity contribution in [2.75, 3.05) is 0 Å². The number of carbonyl (C=O) groups is 1. The Balaban J connectivity index is 2.55. The van der Waals surface area contributed by atoms with Crippen molar-refractivity contribution < 1.29 is 9.18 Å². The summed E-state index contributed by atoms with van der Waals surface area (Å²) in [6.07, 6.45) is 0.705. The number of rotatable bonds is 2. The molecular formula is C11H8FNOS. The van der Waals surface area contributed by atoms with Gasteiger partial charge in [-0.1, -0.05) is 0 Å². The molecule has 0 spiro atoms. The molecule has 0 amide bonds. The van der Waals surface area contributed by atoms with Gasteiger partial charge in [0.2, 0.25) is 0 Å². The number of benzene rings is 1. The van der Waals surface area contributed by atoms with Gasteiger partial charge < -0.3 is 0 Å². The van der Waals surface area contributed by atoms with Gasteiger partial charge in [0, 0.05) is 11.1 Å². The van der Waals surface area contributed by atoms with E-state index < -0.39 is 0 Å². The molecule has 0 bridgehead atoms. The fourth-order valence-electron chi connectivity index (χ4n) is 1.30. The van der Waals surface area contributed by atoms with Crippen LogP contribution < -0.4 is 0 Å². The van der Waals surface area contributed by atoms with Gasteiger partial charge in [-0.25, -0.2) is 4.39 Å². The summed E-state index contributed by atoms with van der Waals surface area (Å²) in [6, 6.07) is 6.10. The Morgan fingerprint density at radius 2 is 2.20 bits per heavy atom. The van der Waals surface area contributed by atoms with E-state index in [4.69, 9.17) is 0 Å². The van der Waals surface area contributed by atoms with Crippen LogP contribution in [0.3, 0.4) is 0 Å². The summed E-state index contributed by atoms with van der Waals surface area (Å²) in [5.74, 6) is -0.329. The Hall–Kier alpha value is -1.55. The van der Waals surface area contributed by atoms with Gasteiger partial charge in [0.1, 0.15) is 12.1 Å². The number of nitrogens with zero attached hydrogens (tertiary/aromatic N) is 1. The van der Waals surface area contributed by atoms with Crippen LogP contribution in [0.25, 0.3) is 10.4 Å². The zero-order chi connectivity index (χ0) is 10.8. The second-order valence-electron chi connectivity index (χ2n) is 3.19. The van der Waals surface area contributed by atoms with Crippen LogP contribution in [0.15, 0.2) is 24.3 Å². The highest BCUT2D eigenvalue weighted by Gasteiger charge is 2.08. The standard InChI is InChI=1S/C11H8FNOS/c1-7-4-11(15-13-7)9-5-8(6-14)2-3-10(9)12/h2-6H,1H3. The first-order chi connectivity index (χ1) is 7.20. The number of carbonyl (C=O) groups excluding carboxylic acids is 1. The van der Waals surface area contributed by atoms with E-state index in [9.17, 15) is 9.18 Å². The summed E-state index contributed by atoms with van der Waals surface area (Å²) >= 11 is 1.23. The molecule has 15 heavy (non-hydrogen) atoms. The predicted molar refractivity (Wildman–Crippen MR) is 57.6 cm³/mol. The molecule has 4 heteroatoms. The second kappa shape index (κ2) is 3.90. The molecule has 0 N–H and O–H groups in total. The van der Waals surface area contributed by atoms with Crippen molar-refractivity contribution in [2.45, 2.75) is 6.92 Å². The molecule has 0 aliphatic heterocycles. The average molecular weight is 221 g/mol.